The summed E-state index contributed by atoms with van der Waals surface area (Å²) in [5, 5.41) is 9.74. The molecule has 2 rings (SSSR count). The molecule has 1 N–H and O–H groups in total. The Bertz CT molecular complexity index is 496. The second-order valence-electron chi connectivity index (χ2n) is 5.75. The maximum absolute atomic E-state index is 9.74. The first-order valence-corrected chi connectivity index (χ1v) is 7.55. The minimum absolute atomic E-state index is 0.175. The summed E-state index contributed by atoms with van der Waals surface area (Å²) < 4.78 is 2.08. The van der Waals surface area contributed by atoms with Crippen LogP contribution >= 0.6 is 0 Å². The van der Waals surface area contributed by atoms with Crippen LogP contribution in [-0.4, -0.2) is 38.8 Å². The van der Waals surface area contributed by atoms with Gasteiger partial charge in [0, 0.05) is 38.1 Å². The highest BCUT2D eigenvalue weighted by Gasteiger charge is 2.21. The third-order valence-electron chi connectivity index (χ3n) is 3.86. The van der Waals surface area contributed by atoms with Gasteiger partial charge in [0.1, 0.15) is 0 Å². The molecule has 21 heavy (non-hydrogen) atoms. The normalized spacial score (nSPS) is 13.0. The van der Waals surface area contributed by atoms with E-state index in [9.17, 15) is 5.11 Å². The molecule has 114 valence electrons. The van der Waals surface area contributed by atoms with Gasteiger partial charge in [-0.2, -0.15) is 0 Å². The summed E-state index contributed by atoms with van der Waals surface area (Å²) in [6.07, 6.45) is 5.61. The fourth-order valence-electron chi connectivity index (χ4n) is 2.59. The molecular weight excluding hydrogens is 262 g/mol. The molecule has 0 aliphatic rings. The van der Waals surface area contributed by atoms with E-state index in [1.807, 2.05) is 18.6 Å². The van der Waals surface area contributed by atoms with Crippen molar-refractivity contribution >= 4 is 0 Å². The van der Waals surface area contributed by atoms with Crippen LogP contribution in [0.2, 0.25) is 0 Å². The van der Waals surface area contributed by atoms with Crippen LogP contribution in [0, 0.1) is 5.92 Å². The van der Waals surface area contributed by atoms with E-state index in [1.165, 1.54) is 5.56 Å². The van der Waals surface area contributed by atoms with Gasteiger partial charge in [-0.1, -0.05) is 44.2 Å². The lowest BCUT2D eigenvalue weighted by Gasteiger charge is -2.33. The Morgan fingerprint density at radius 3 is 2.57 bits per heavy atom. The predicted molar refractivity (Wildman–Crippen MR) is 84.8 cm³/mol. The maximum Gasteiger partial charge on any atom is 0.0946 e. The molecule has 4 heteroatoms. The quantitative estimate of drug-likeness (QED) is 0.810. The number of hydrogen-bond donors (Lipinski definition) is 1. The zero-order valence-electron chi connectivity index (χ0n) is 12.9. The summed E-state index contributed by atoms with van der Waals surface area (Å²) >= 11 is 0. The standard InChI is InChI=1S/C17H25N3O/c1-15(2)17(13-21)20(11-10-19-9-8-18-14-19)12-16-6-4-3-5-7-16/h3-9,14-15,17,21H,10-13H2,1-2H3. The van der Waals surface area contributed by atoms with Crippen LogP contribution in [0.4, 0.5) is 0 Å². The molecule has 0 fully saturated rings. The molecule has 1 heterocycles. The largest absolute Gasteiger partial charge is 0.395 e. The lowest BCUT2D eigenvalue weighted by Crippen LogP contribution is -2.42. The molecular formula is C17H25N3O. The molecule has 1 atom stereocenters. The van der Waals surface area contributed by atoms with Crippen molar-refractivity contribution in [3.05, 3.63) is 54.6 Å². The van der Waals surface area contributed by atoms with Crippen LogP contribution in [0.25, 0.3) is 0 Å². The summed E-state index contributed by atoms with van der Waals surface area (Å²) in [7, 11) is 0. The number of benzene rings is 1. The summed E-state index contributed by atoms with van der Waals surface area (Å²) in [6, 6.07) is 10.6. The topological polar surface area (TPSA) is 41.3 Å². The average Bonchev–Trinajstić information content (AvgIpc) is 2.99. The first-order valence-electron chi connectivity index (χ1n) is 7.55. The van der Waals surface area contributed by atoms with E-state index < -0.39 is 0 Å². The van der Waals surface area contributed by atoms with Gasteiger partial charge in [-0.3, -0.25) is 4.90 Å². The molecule has 0 radical (unpaired) electrons. The lowest BCUT2D eigenvalue weighted by molar-refractivity contribution is 0.0815. The Labute approximate surface area is 127 Å². The van der Waals surface area contributed by atoms with Gasteiger partial charge in [-0.15, -0.1) is 0 Å². The first kappa shape index (κ1) is 15.7. The number of aliphatic hydroxyl groups is 1. The SMILES string of the molecule is CC(C)C(CO)N(CCn1ccnc1)Cc1ccccc1. The van der Waals surface area contributed by atoms with E-state index in [2.05, 4.69) is 52.6 Å². The molecule has 2 aromatic rings. The Hall–Kier alpha value is -1.65. The van der Waals surface area contributed by atoms with E-state index in [4.69, 9.17) is 0 Å². The van der Waals surface area contributed by atoms with Gasteiger partial charge >= 0.3 is 0 Å². The first-order chi connectivity index (χ1) is 10.2. The smallest absolute Gasteiger partial charge is 0.0946 e. The number of hydrogen-bond acceptors (Lipinski definition) is 3. The molecule has 4 nitrogen and oxygen atoms in total. The van der Waals surface area contributed by atoms with Gasteiger partial charge in [0.2, 0.25) is 0 Å². The Balaban J connectivity index is 2.05. The third kappa shape index (κ3) is 4.69. The summed E-state index contributed by atoms with van der Waals surface area (Å²) in [5.74, 6) is 0.418. The summed E-state index contributed by atoms with van der Waals surface area (Å²) in [4.78, 5) is 6.44. The van der Waals surface area contributed by atoms with Crippen molar-refractivity contribution in [1.29, 1.82) is 0 Å². The van der Waals surface area contributed by atoms with Gasteiger partial charge in [0.05, 0.1) is 12.9 Å². The maximum atomic E-state index is 9.74. The highest BCUT2D eigenvalue weighted by Crippen LogP contribution is 2.15. The van der Waals surface area contributed by atoms with Gasteiger partial charge in [0.15, 0.2) is 0 Å². The van der Waals surface area contributed by atoms with Crippen LogP contribution in [-0.2, 0) is 13.1 Å². The molecule has 0 spiro atoms. The molecule has 1 unspecified atom stereocenters. The number of nitrogens with zero attached hydrogens (tertiary/aromatic N) is 3. The van der Waals surface area contributed by atoms with Crippen molar-refractivity contribution in [3.63, 3.8) is 0 Å². The zero-order valence-corrected chi connectivity index (χ0v) is 12.9. The van der Waals surface area contributed by atoms with Crippen molar-refractivity contribution < 1.29 is 5.11 Å². The third-order valence-corrected chi connectivity index (χ3v) is 3.86. The summed E-state index contributed by atoms with van der Waals surface area (Å²) in [5.41, 5.74) is 1.28. The van der Waals surface area contributed by atoms with Crippen LogP contribution in [0.1, 0.15) is 19.4 Å². The van der Waals surface area contributed by atoms with E-state index >= 15 is 0 Å². The van der Waals surface area contributed by atoms with Crippen molar-refractivity contribution in [2.24, 2.45) is 5.92 Å². The highest BCUT2D eigenvalue weighted by molar-refractivity contribution is 5.14. The molecule has 0 saturated heterocycles. The number of imidazole rings is 1. The van der Waals surface area contributed by atoms with Crippen molar-refractivity contribution in [2.45, 2.75) is 33.0 Å². The molecule has 0 aliphatic carbocycles. The number of rotatable bonds is 8. The van der Waals surface area contributed by atoms with Gasteiger partial charge < -0.3 is 9.67 Å². The predicted octanol–water partition coefficient (Wildman–Crippen LogP) is 2.40. The molecule has 1 aromatic heterocycles. The number of aromatic nitrogens is 2. The van der Waals surface area contributed by atoms with Crippen molar-refractivity contribution in [1.82, 2.24) is 14.5 Å². The second kappa shape index (κ2) is 7.96. The van der Waals surface area contributed by atoms with Gasteiger partial charge in [0.25, 0.3) is 0 Å². The van der Waals surface area contributed by atoms with Crippen molar-refractivity contribution in [2.75, 3.05) is 13.2 Å². The van der Waals surface area contributed by atoms with E-state index in [1.54, 1.807) is 6.20 Å². The Kier molecular flexibility index (Phi) is 5.96. The summed E-state index contributed by atoms with van der Waals surface area (Å²) in [6.45, 7) is 7.16. The molecule has 0 aliphatic heterocycles. The molecule has 0 bridgehead atoms. The van der Waals surface area contributed by atoms with Crippen LogP contribution in [0.15, 0.2) is 49.1 Å². The fourth-order valence-corrected chi connectivity index (χ4v) is 2.59. The van der Waals surface area contributed by atoms with Crippen LogP contribution in [0.5, 0.6) is 0 Å². The van der Waals surface area contributed by atoms with Crippen LogP contribution < -0.4 is 0 Å². The minimum atomic E-state index is 0.175. The van der Waals surface area contributed by atoms with E-state index in [-0.39, 0.29) is 12.6 Å². The lowest BCUT2D eigenvalue weighted by atomic mass is 10.0. The molecule has 0 saturated carbocycles. The minimum Gasteiger partial charge on any atom is -0.395 e. The zero-order chi connectivity index (χ0) is 15.1. The van der Waals surface area contributed by atoms with E-state index in [0.29, 0.717) is 5.92 Å². The average molecular weight is 287 g/mol. The van der Waals surface area contributed by atoms with Gasteiger partial charge in [-0.25, -0.2) is 4.98 Å². The monoisotopic (exact) mass is 287 g/mol. The fraction of sp³-hybridized carbons (Fsp3) is 0.471. The molecule has 0 amide bonds. The van der Waals surface area contributed by atoms with E-state index in [0.717, 1.165) is 19.6 Å². The molecule has 1 aromatic carbocycles. The Morgan fingerprint density at radius 1 is 1.24 bits per heavy atom. The Morgan fingerprint density at radius 2 is 2.00 bits per heavy atom. The number of aliphatic hydroxyl groups excluding tert-OH is 1. The highest BCUT2D eigenvalue weighted by atomic mass is 16.3. The van der Waals surface area contributed by atoms with Gasteiger partial charge in [-0.05, 0) is 11.5 Å². The van der Waals surface area contributed by atoms with Crippen molar-refractivity contribution in [3.8, 4) is 0 Å². The van der Waals surface area contributed by atoms with Crippen LogP contribution in [0.3, 0.4) is 0 Å². The second-order valence-corrected chi connectivity index (χ2v) is 5.75.